The molecule has 316 valence electrons. The van der Waals surface area contributed by atoms with Gasteiger partial charge < -0.3 is 34.5 Å². The lowest BCUT2D eigenvalue weighted by Gasteiger charge is -2.42. The molecular weight excluding hydrogens is 791 g/mol. The molecule has 19 heteroatoms. The molecule has 3 N–H and O–H groups in total. The quantitative estimate of drug-likeness (QED) is 0.223. The summed E-state index contributed by atoms with van der Waals surface area (Å²) >= 11 is 0. The van der Waals surface area contributed by atoms with Gasteiger partial charge in [0, 0.05) is 28.8 Å². The van der Waals surface area contributed by atoms with Gasteiger partial charge in [-0.1, -0.05) is 37.3 Å². The van der Waals surface area contributed by atoms with Crippen LogP contribution in [0, 0.1) is 5.92 Å². The molecule has 1 aromatic heterocycles. The predicted molar refractivity (Wildman–Crippen MR) is 201 cm³/mol. The number of pyridine rings is 1. The van der Waals surface area contributed by atoms with Crippen molar-refractivity contribution in [3.63, 3.8) is 0 Å². The summed E-state index contributed by atoms with van der Waals surface area (Å²) in [4.78, 5) is 48.0. The summed E-state index contributed by atoms with van der Waals surface area (Å²) in [6.45, 7) is 2.10. The van der Waals surface area contributed by atoms with E-state index in [1.165, 1.54) is 13.3 Å². The number of alkyl carbamates (subject to hydrolysis) is 1. The zero-order valence-corrected chi connectivity index (χ0v) is 33.3. The van der Waals surface area contributed by atoms with E-state index in [1.807, 2.05) is 12.1 Å². The number of alkyl halides is 4. The molecule has 2 bridgehead atoms. The van der Waals surface area contributed by atoms with Crippen LogP contribution >= 0.6 is 0 Å². The molecule has 0 radical (unpaired) electrons. The molecule has 1 aromatic carbocycles. The van der Waals surface area contributed by atoms with Crippen molar-refractivity contribution in [1.29, 1.82) is 0 Å². The third kappa shape index (κ3) is 7.66. The van der Waals surface area contributed by atoms with E-state index in [1.54, 1.807) is 42.2 Å². The van der Waals surface area contributed by atoms with Gasteiger partial charge >= 0.3 is 12.3 Å². The van der Waals surface area contributed by atoms with Gasteiger partial charge in [-0.3, -0.25) is 14.3 Å². The molecule has 7 rings (SSSR count). The van der Waals surface area contributed by atoms with E-state index in [0.29, 0.717) is 36.1 Å². The first-order chi connectivity index (χ1) is 27.4. The Kier molecular flexibility index (Phi) is 10.9. The Balaban J connectivity index is 1.25. The van der Waals surface area contributed by atoms with E-state index in [9.17, 15) is 40.4 Å². The molecule has 5 aliphatic rings. The molecule has 0 spiro atoms. The highest BCUT2D eigenvalue weighted by Crippen LogP contribution is 2.48. The number of sulfonamides is 1. The molecule has 4 heterocycles. The van der Waals surface area contributed by atoms with Gasteiger partial charge in [0.25, 0.3) is 5.91 Å². The highest BCUT2D eigenvalue weighted by atomic mass is 32.2. The summed E-state index contributed by atoms with van der Waals surface area (Å²) in [5.41, 5.74) is -4.16. The van der Waals surface area contributed by atoms with Gasteiger partial charge in [0.15, 0.2) is 0 Å². The zero-order chi connectivity index (χ0) is 41.8. The SMILES string of the molecule is CC[C@@H]1O[C@@H]2C=C([C@H]1NC(=O)OC(C)(C)C(F)(F)F)N1C[C@H](Oc3ncc(OC)c4ccccc34)C[C@H]1C(=O)N[C@]1(C(=O)NS(=O)(=O)C3(CF)CC3)C[C@H]1/C=C\CC2. The summed E-state index contributed by atoms with van der Waals surface area (Å²) in [5, 5.41) is 6.76. The lowest BCUT2D eigenvalue weighted by Crippen LogP contribution is -2.59. The number of benzene rings is 1. The first-order valence-electron chi connectivity index (χ1n) is 19.3. The number of rotatable bonds is 10. The maximum Gasteiger partial charge on any atom is 0.427 e. The molecule has 58 heavy (non-hydrogen) atoms. The van der Waals surface area contributed by atoms with Gasteiger partial charge in [-0.15, -0.1) is 0 Å². The maximum absolute atomic E-state index is 14.7. The molecule has 3 aliphatic heterocycles. The van der Waals surface area contributed by atoms with Gasteiger partial charge in [0.05, 0.1) is 38.1 Å². The lowest BCUT2D eigenvalue weighted by molar-refractivity contribution is -0.244. The summed E-state index contributed by atoms with van der Waals surface area (Å²) < 4.78 is 105. The monoisotopic (exact) mass is 837 g/mol. The highest BCUT2D eigenvalue weighted by Gasteiger charge is 2.64. The lowest BCUT2D eigenvalue weighted by atomic mass is 9.96. The maximum atomic E-state index is 14.7. The van der Waals surface area contributed by atoms with Crippen LogP contribution in [0.4, 0.5) is 22.4 Å². The number of ether oxygens (including phenoxy) is 4. The average molecular weight is 838 g/mol. The molecule has 2 saturated carbocycles. The first-order valence-corrected chi connectivity index (χ1v) is 20.8. The minimum atomic E-state index is -4.88. The van der Waals surface area contributed by atoms with Crippen LogP contribution in [0.3, 0.4) is 0 Å². The van der Waals surface area contributed by atoms with Gasteiger partial charge in [0.2, 0.25) is 27.4 Å². The minimum absolute atomic E-state index is 0.00720. The van der Waals surface area contributed by atoms with Crippen LogP contribution in [-0.4, -0.2) is 109 Å². The predicted octanol–water partition coefficient (Wildman–Crippen LogP) is 4.74. The van der Waals surface area contributed by atoms with E-state index < -0.39 is 93.0 Å². The number of methoxy groups -OCH3 is 1. The molecule has 0 unspecified atom stereocenters. The zero-order valence-electron chi connectivity index (χ0n) is 32.4. The van der Waals surface area contributed by atoms with Crippen LogP contribution in [0.15, 0.2) is 54.4 Å². The number of halogens is 4. The molecule has 2 aliphatic carbocycles. The Labute approximate surface area is 333 Å². The van der Waals surface area contributed by atoms with Crippen LogP contribution in [0.25, 0.3) is 10.8 Å². The Morgan fingerprint density at radius 3 is 2.53 bits per heavy atom. The van der Waals surface area contributed by atoms with Gasteiger partial charge in [-0.2, -0.15) is 13.2 Å². The van der Waals surface area contributed by atoms with Gasteiger partial charge in [0.1, 0.15) is 34.9 Å². The molecular formula is C39H47F4N5O9S. The highest BCUT2D eigenvalue weighted by molar-refractivity contribution is 7.91. The van der Waals surface area contributed by atoms with E-state index in [0.717, 1.165) is 19.2 Å². The van der Waals surface area contributed by atoms with Crippen LogP contribution in [0.1, 0.15) is 65.7 Å². The Morgan fingerprint density at radius 1 is 1.16 bits per heavy atom. The topological polar surface area (TPSA) is 174 Å². The van der Waals surface area contributed by atoms with Crippen LogP contribution in [0.2, 0.25) is 0 Å². The smallest absolute Gasteiger partial charge is 0.427 e. The Bertz CT molecular complexity index is 2130. The van der Waals surface area contributed by atoms with Crippen LogP contribution < -0.4 is 24.8 Å². The fraction of sp³-hybridized carbons (Fsp3) is 0.590. The largest absolute Gasteiger partial charge is 0.494 e. The standard InChI is InChI=1S/C39H47F4N5O9S/c1-5-29-31(45-35(51)57-36(2,3)39(41,42)43)27-16-23(55-29)11-7-6-10-22-18-38(22,34(50)47-58(52,53)37(21-40)14-15-37)46-32(49)28-17-24(20-48(27)28)56-33-26-13-9-8-12-25(26)30(54-4)19-44-33/h6,8-10,12-13,16,19,22-24,28-29,31H,5,7,11,14-15,17-18,20-21H2,1-4H3,(H,45,51)(H,46,49)(H,47,50)/b10-6-/t22-,23+,24-,28+,29+,31-,38-/m1/s1. The van der Waals surface area contributed by atoms with E-state index in [4.69, 9.17) is 18.9 Å². The van der Waals surface area contributed by atoms with Crippen molar-refractivity contribution >= 4 is 38.7 Å². The fourth-order valence-electron chi connectivity index (χ4n) is 7.91. The third-order valence-electron chi connectivity index (χ3n) is 11.8. The Hall–Kier alpha value is -4.65. The molecule has 2 aromatic rings. The summed E-state index contributed by atoms with van der Waals surface area (Å²) in [6.07, 6.45) is -0.202. The summed E-state index contributed by atoms with van der Waals surface area (Å²) in [7, 11) is -2.91. The summed E-state index contributed by atoms with van der Waals surface area (Å²) in [6, 6.07) is 5.05. The molecule has 14 nitrogen and oxygen atoms in total. The number of hydrogen-bond acceptors (Lipinski definition) is 11. The number of carbonyl (C=O) groups excluding carboxylic acids is 3. The number of carbonyl (C=O) groups is 3. The fourth-order valence-corrected chi connectivity index (χ4v) is 9.34. The van der Waals surface area contributed by atoms with E-state index in [-0.39, 0.29) is 38.1 Å². The number of hydrogen-bond donors (Lipinski definition) is 3. The molecule has 1 saturated heterocycles. The van der Waals surface area contributed by atoms with Gasteiger partial charge in [-0.25, -0.2) is 22.6 Å². The third-order valence-corrected chi connectivity index (χ3v) is 13.9. The molecule has 3 fully saturated rings. The van der Waals surface area contributed by atoms with Crippen molar-refractivity contribution in [2.45, 2.75) is 118 Å². The second-order valence-corrected chi connectivity index (χ2v) is 18.2. The molecule has 3 amide bonds. The van der Waals surface area contributed by atoms with E-state index >= 15 is 0 Å². The minimum Gasteiger partial charge on any atom is -0.494 e. The van der Waals surface area contributed by atoms with Crippen molar-refractivity contribution < 1.29 is 59.3 Å². The number of nitrogens with zero attached hydrogens (tertiary/aromatic N) is 2. The van der Waals surface area contributed by atoms with E-state index in [2.05, 4.69) is 20.3 Å². The Morgan fingerprint density at radius 2 is 1.88 bits per heavy atom. The summed E-state index contributed by atoms with van der Waals surface area (Å²) in [5.74, 6) is -1.51. The van der Waals surface area contributed by atoms with Crippen molar-refractivity contribution in [2.24, 2.45) is 5.92 Å². The van der Waals surface area contributed by atoms with Crippen molar-refractivity contribution in [3.8, 4) is 11.6 Å². The molecule has 7 atom stereocenters. The number of aromatic nitrogens is 1. The number of allylic oxidation sites excluding steroid dienone is 1. The second-order valence-electron chi connectivity index (χ2n) is 16.1. The van der Waals surface area contributed by atoms with Crippen LogP contribution in [-0.2, 0) is 29.1 Å². The number of nitrogens with one attached hydrogen (secondary N) is 3. The van der Waals surface area contributed by atoms with Crippen LogP contribution in [0.5, 0.6) is 11.6 Å². The first kappa shape index (κ1) is 41.5. The van der Waals surface area contributed by atoms with Crippen molar-refractivity contribution in [3.05, 3.63) is 54.4 Å². The second kappa shape index (κ2) is 15.2. The number of fused-ring (bicyclic) bond motifs is 5. The average Bonchev–Trinajstić information content (AvgIpc) is 4.07. The van der Waals surface area contributed by atoms with Crippen molar-refractivity contribution in [1.82, 2.24) is 25.2 Å². The van der Waals surface area contributed by atoms with Crippen molar-refractivity contribution in [2.75, 3.05) is 20.3 Å². The normalized spacial score (nSPS) is 29.8. The van der Waals surface area contributed by atoms with Gasteiger partial charge in [-0.05, 0) is 64.5 Å². The number of amides is 3.